The van der Waals surface area contributed by atoms with Gasteiger partial charge in [0.15, 0.2) is 0 Å². The predicted octanol–water partition coefficient (Wildman–Crippen LogP) is 1.12. The smallest absolute Gasteiger partial charge is 0.242 e. The standard InChI is InChI=1S/C13H20FN3O2S/c1-16-7-3-4-10(16)9-17(2)20(18,19)11-5-6-13(15)12(14)8-11/h5-6,8,10H,3-4,7,9,15H2,1-2H3. The van der Waals surface area contributed by atoms with Gasteiger partial charge in [0.25, 0.3) is 0 Å². The Hall–Kier alpha value is -1.18. The van der Waals surface area contributed by atoms with E-state index < -0.39 is 15.8 Å². The van der Waals surface area contributed by atoms with E-state index in [1.165, 1.54) is 23.5 Å². The Labute approximate surface area is 119 Å². The van der Waals surface area contributed by atoms with Gasteiger partial charge in [-0.3, -0.25) is 0 Å². The highest BCUT2D eigenvalue weighted by Crippen LogP contribution is 2.22. The van der Waals surface area contributed by atoms with E-state index in [4.69, 9.17) is 5.73 Å². The molecule has 1 heterocycles. The summed E-state index contributed by atoms with van der Waals surface area (Å²) in [5.41, 5.74) is 5.31. The van der Waals surface area contributed by atoms with Crippen LogP contribution in [0.4, 0.5) is 10.1 Å². The second-order valence-electron chi connectivity index (χ2n) is 5.25. The summed E-state index contributed by atoms with van der Waals surface area (Å²) >= 11 is 0. The number of likely N-dealkylation sites (N-methyl/N-ethyl adjacent to an activating group) is 2. The second-order valence-corrected chi connectivity index (χ2v) is 7.29. The first kappa shape index (κ1) is 15.2. The van der Waals surface area contributed by atoms with Crippen LogP contribution in [0.15, 0.2) is 23.1 Å². The van der Waals surface area contributed by atoms with Crippen molar-refractivity contribution in [2.24, 2.45) is 0 Å². The lowest BCUT2D eigenvalue weighted by Gasteiger charge is -2.25. The first-order valence-corrected chi connectivity index (χ1v) is 7.98. The Balaban J connectivity index is 2.18. The minimum absolute atomic E-state index is 0.0536. The zero-order valence-electron chi connectivity index (χ0n) is 11.7. The second kappa shape index (κ2) is 5.67. The lowest BCUT2D eigenvalue weighted by molar-refractivity contribution is 0.271. The van der Waals surface area contributed by atoms with E-state index in [2.05, 4.69) is 4.90 Å². The molecule has 0 aliphatic carbocycles. The number of nitrogen functional groups attached to an aromatic ring is 1. The third-order valence-corrected chi connectivity index (χ3v) is 5.64. The van der Waals surface area contributed by atoms with Gasteiger partial charge in [-0.1, -0.05) is 0 Å². The van der Waals surface area contributed by atoms with Gasteiger partial charge in [-0.15, -0.1) is 0 Å². The fourth-order valence-corrected chi connectivity index (χ4v) is 3.67. The van der Waals surface area contributed by atoms with Crippen LogP contribution in [-0.4, -0.2) is 50.8 Å². The number of nitrogens with zero attached hydrogens (tertiary/aromatic N) is 2. The first-order valence-electron chi connectivity index (χ1n) is 6.54. The summed E-state index contributed by atoms with van der Waals surface area (Å²) in [5.74, 6) is -0.711. The molecule has 0 radical (unpaired) electrons. The van der Waals surface area contributed by atoms with E-state index in [1.54, 1.807) is 0 Å². The van der Waals surface area contributed by atoms with Crippen LogP contribution in [0.5, 0.6) is 0 Å². The Kier molecular flexibility index (Phi) is 4.31. The molecule has 1 aromatic rings. The third-order valence-electron chi connectivity index (χ3n) is 3.82. The highest BCUT2D eigenvalue weighted by Gasteiger charge is 2.28. The van der Waals surface area contributed by atoms with Gasteiger partial charge in [0.05, 0.1) is 10.6 Å². The molecule has 1 aromatic carbocycles. The van der Waals surface area contributed by atoms with Crippen molar-refractivity contribution in [1.82, 2.24) is 9.21 Å². The molecular formula is C13H20FN3O2S. The van der Waals surface area contributed by atoms with Gasteiger partial charge in [-0.05, 0) is 44.6 Å². The highest BCUT2D eigenvalue weighted by molar-refractivity contribution is 7.89. The molecule has 0 aromatic heterocycles. The summed E-state index contributed by atoms with van der Waals surface area (Å²) in [6, 6.07) is 3.80. The predicted molar refractivity (Wildman–Crippen MR) is 76.3 cm³/mol. The van der Waals surface area contributed by atoms with E-state index in [0.717, 1.165) is 25.5 Å². The summed E-state index contributed by atoms with van der Waals surface area (Å²) < 4.78 is 39.5. The molecule has 1 atom stereocenters. The lowest BCUT2D eigenvalue weighted by Crippen LogP contribution is -2.39. The number of likely N-dealkylation sites (tertiary alicyclic amines) is 1. The number of hydrogen-bond acceptors (Lipinski definition) is 4. The molecule has 2 N–H and O–H groups in total. The SMILES string of the molecule is CN1CCCC1CN(C)S(=O)(=O)c1ccc(N)c(F)c1. The first-order chi connectivity index (χ1) is 9.32. The molecule has 0 saturated carbocycles. The third kappa shape index (κ3) is 2.94. The van der Waals surface area contributed by atoms with Gasteiger partial charge < -0.3 is 10.6 Å². The largest absolute Gasteiger partial charge is 0.396 e. The summed E-state index contributed by atoms with van der Waals surface area (Å²) in [7, 11) is -0.167. The van der Waals surface area contributed by atoms with E-state index in [-0.39, 0.29) is 16.6 Å². The fraction of sp³-hybridized carbons (Fsp3) is 0.538. The van der Waals surface area contributed by atoms with Crippen molar-refractivity contribution in [2.75, 3.05) is 32.9 Å². The average molecular weight is 301 g/mol. The maximum atomic E-state index is 13.4. The van der Waals surface area contributed by atoms with Crippen LogP contribution < -0.4 is 5.73 Å². The van der Waals surface area contributed by atoms with Crippen LogP contribution >= 0.6 is 0 Å². The van der Waals surface area contributed by atoms with Crippen molar-refractivity contribution in [1.29, 1.82) is 0 Å². The van der Waals surface area contributed by atoms with Crippen molar-refractivity contribution < 1.29 is 12.8 Å². The number of anilines is 1. The van der Waals surface area contributed by atoms with E-state index in [0.29, 0.717) is 6.54 Å². The van der Waals surface area contributed by atoms with Gasteiger partial charge in [0, 0.05) is 19.6 Å². The van der Waals surface area contributed by atoms with Crippen LogP contribution in [0.3, 0.4) is 0 Å². The van der Waals surface area contributed by atoms with Crippen molar-refractivity contribution in [3.05, 3.63) is 24.0 Å². The zero-order chi connectivity index (χ0) is 14.9. The van der Waals surface area contributed by atoms with Gasteiger partial charge >= 0.3 is 0 Å². The highest BCUT2D eigenvalue weighted by atomic mass is 32.2. The summed E-state index contributed by atoms with van der Waals surface area (Å²) in [4.78, 5) is 2.09. The van der Waals surface area contributed by atoms with Crippen LogP contribution in [0.1, 0.15) is 12.8 Å². The number of rotatable bonds is 4. The zero-order valence-corrected chi connectivity index (χ0v) is 12.5. The van der Waals surface area contributed by atoms with Crippen molar-refractivity contribution in [3.8, 4) is 0 Å². The molecule has 1 aliphatic heterocycles. The van der Waals surface area contributed by atoms with Gasteiger partial charge in [0.2, 0.25) is 10.0 Å². The van der Waals surface area contributed by atoms with Crippen molar-refractivity contribution in [2.45, 2.75) is 23.8 Å². The molecule has 7 heteroatoms. The summed E-state index contributed by atoms with van der Waals surface area (Å²) in [6.45, 7) is 1.39. The summed E-state index contributed by atoms with van der Waals surface area (Å²) in [5, 5.41) is 0. The lowest BCUT2D eigenvalue weighted by atomic mass is 10.2. The van der Waals surface area contributed by atoms with Crippen LogP contribution in [0, 0.1) is 5.82 Å². The molecular weight excluding hydrogens is 281 g/mol. The van der Waals surface area contributed by atoms with Gasteiger partial charge in [-0.25, -0.2) is 12.8 Å². The summed E-state index contributed by atoms with van der Waals surface area (Å²) in [6.07, 6.45) is 2.05. The molecule has 20 heavy (non-hydrogen) atoms. The maximum absolute atomic E-state index is 13.4. The molecule has 1 unspecified atom stereocenters. The topological polar surface area (TPSA) is 66.6 Å². The molecule has 0 spiro atoms. The van der Waals surface area contributed by atoms with Crippen LogP contribution in [0.2, 0.25) is 0 Å². The Morgan fingerprint density at radius 1 is 1.50 bits per heavy atom. The quantitative estimate of drug-likeness (QED) is 0.846. The number of benzene rings is 1. The normalized spacial score (nSPS) is 20.7. The molecule has 0 amide bonds. The Morgan fingerprint density at radius 2 is 2.20 bits per heavy atom. The Morgan fingerprint density at radius 3 is 2.75 bits per heavy atom. The van der Waals surface area contributed by atoms with Crippen molar-refractivity contribution in [3.63, 3.8) is 0 Å². The van der Waals surface area contributed by atoms with Crippen molar-refractivity contribution >= 4 is 15.7 Å². The van der Waals surface area contributed by atoms with Gasteiger partial charge in [0.1, 0.15) is 5.82 Å². The van der Waals surface area contributed by atoms with E-state index >= 15 is 0 Å². The average Bonchev–Trinajstić information content (AvgIpc) is 2.78. The number of hydrogen-bond donors (Lipinski definition) is 1. The monoisotopic (exact) mass is 301 g/mol. The van der Waals surface area contributed by atoms with Gasteiger partial charge in [-0.2, -0.15) is 4.31 Å². The number of halogens is 1. The molecule has 5 nitrogen and oxygen atoms in total. The van der Waals surface area contributed by atoms with E-state index in [9.17, 15) is 12.8 Å². The number of sulfonamides is 1. The van der Waals surface area contributed by atoms with E-state index in [1.807, 2.05) is 7.05 Å². The maximum Gasteiger partial charge on any atom is 0.242 e. The minimum atomic E-state index is -3.68. The molecule has 0 bridgehead atoms. The van der Waals surface area contributed by atoms with Crippen LogP contribution in [-0.2, 0) is 10.0 Å². The Bertz CT molecular complexity index is 591. The fourth-order valence-electron chi connectivity index (χ4n) is 2.45. The minimum Gasteiger partial charge on any atom is -0.396 e. The molecule has 1 aliphatic rings. The molecule has 1 saturated heterocycles. The van der Waals surface area contributed by atoms with Crippen LogP contribution in [0.25, 0.3) is 0 Å². The molecule has 112 valence electrons. The number of nitrogens with two attached hydrogens (primary N) is 1. The molecule has 1 fully saturated rings. The molecule has 2 rings (SSSR count).